The third-order valence-corrected chi connectivity index (χ3v) is 2.77. The number of nitrogens with two attached hydrogens (primary N) is 2. The number of carbonyl (C=O) groups excluding carboxylic acids is 2. The molecule has 1 atom stereocenters. The van der Waals surface area contributed by atoms with Crippen LogP contribution < -0.4 is 16.8 Å². The van der Waals surface area contributed by atoms with Crippen molar-refractivity contribution in [3.8, 4) is 0 Å². The second kappa shape index (κ2) is 6.89. The number of benzene rings is 1. The van der Waals surface area contributed by atoms with E-state index in [0.29, 0.717) is 24.4 Å². The molecule has 0 aliphatic heterocycles. The molecule has 5 nitrogen and oxygen atoms in total. The SMILES string of the molecule is CC(C)C[C@H](N)C(=O)NCc1ccc(C(N)=O)cc1. The largest absolute Gasteiger partial charge is 0.366 e. The van der Waals surface area contributed by atoms with Crippen molar-refractivity contribution in [1.29, 1.82) is 0 Å². The minimum atomic E-state index is -0.482. The number of amides is 2. The van der Waals surface area contributed by atoms with E-state index < -0.39 is 11.9 Å². The first-order valence-corrected chi connectivity index (χ1v) is 6.32. The summed E-state index contributed by atoms with van der Waals surface area (Å²) in [5.74, 6) is -0.238. The maximum atomic E-state index is 11.7. The van der Waals surface area contributed by atoms with E-state index in [1.807, 2.05) is 13.8 Å². The maximum absolute atomic E-state index is 11.7. The molecule has 5 N–H and O–H groups in total. The smallest absolute Gasteiger partial charge is 0.248 e. The Morgan fingerprint density at radius 3 is 2.26 bits per heavy atom. The Kier molecular flexibility index (Phi) is 5.51. The van der Waals surface area contributed by atoms with Gasteiger partial charge >= 0.3 is 0 Å². The Morgan fingerprint density at radius 2 is 1.79 bits per heavy atom. The third-order valence-electron chi connectivity index (χ3n) is 2.77. The van der Waals surface area contributed by atoms with Gasteiger partial charge in [0.1, 0.15) is 0 Å². The number of hydrogen-bond donors (Lipinski definition) is 3. The standard InChI is InChI=1S/C14H21N3O2/c1-9(2)7-12(15)14(19)17-8-10-3-5-11(6-4-10)13(16)18/h3-6,9,12H,7-8,15H2,1-2H3,(H2,16,18)(H,17,19)/t12-/m0/s1. The van der Waals surface area contributed by atoms with Gasteiger partial charge in [-0.3, -0.25) is 9.59 Å². The molecule has 5 heteroatoms. The fourth-order valence-electron chi connectivity index (χ4n) is 1.72. The van der Waals surface area contributed by atoms with Crippen molar-refractivity contribution in [2.24, 2.45) is 17.4 Å². The summed E-state index contributed by atoms with van der Waals surface area (Å²) in [5, 5.41) is 2.77. The summed E-state index contributed by atoms with van der Waals surface area (Å²) in [7, 11) is 0. The molecule has 0 bridgehead atoms. The van der Waals surface area contributed by atoms with Crippen LogP contribution in [0, 0.1) is 5.92 Å². The normalized spacial score (nSPS) is 12.2. The van der Waals surface area contributed by atoms with Crippen molar-refractivity contribution in [3.05, 3.63) is 35.4 Å². The summed E-state index contributed by atoms with van der Waals surface area (Å²) >= 11 is 0. The predicted octanol–water partition coefficient (Wildman–Crippen LogP) is 0.775. The van der Waals surface area contributed by atoms with Gasteiger partial charge in [-0.25, -0.2) is 0 Å². The predicted molar refractivity (Wildman–Crippen MR) is 74.2 cm³/mol. The number of rotatable bonds is 6. The van der Waals surface area contributed by atoms with Crippen LogP contribution in [0.5, 0.6) is 0 Å². The highest BCUT2D eigenvalue weighted by Gasteiger charge is 2.14. The molecule has 1 aromatic carbocycles. The van der Waals surface area contributed by atoms with Crippen molar-refractivity contribution in [1.82, 2.24) is 5.32 Å². The number of hydrogen-bond acceptors (Lipinski definition) is 3. The van der Waals surface area contributed by atoms with Crippen molar-refractivity contribution in [3.63, 3.8) is 0 Å². The molecule has 1 rings (SSSR count). The second-order valence-corrected chi connectivity index (χ2v) is 5.02. The van der Waals surface area contributed by atoms with Crippen molar-refractivity contribution in [2.75, 3.05) is 0 Å². The van der Waals surface area contributed by atoms with Crippen LogP contribution in [0.4, 0.5) is 0 Å². The van der Waals surface area contributed by atoms with Crippen LogP contribution >= 0.6 is 0 Å². The van der Waals surface area contributed by atoms with E-state index in [2.05, 4.69) is 5.32 Å². The van der Waals surface area contributed by atoms with Crippen LogP contribution in [0.15, 0.2) is 24.3 Å². The van der Waals surface area contributed by atoms with Crippen molar-refractivity contribution in [2.45, 2.75) is 32.9 Å². The lowest BCUT2D eigenvalue weighted by Crippen LogP contribution is -2.41. The molecule has 0 saturated carbocycles. The molecular weight excluding hydrogens is 242 g/mol. The number of primary amides is 1. The molecule has 0 aromatic heterocycles. The molecular formula is C14H21N3O2. The van der Waals surface area contributed by atoms with E-state index in [9.17, 15) is 9.59 Å². The lowest BCUT2D eigenvalue weighted by Gasteiger charge is -2.14. The minimum Gasteiger partial charge on any atom is -0.366 e. The summed E-state index contributed by atoms with van der Waals surface area (Å²) in [6.07, 6.45) is 0.659. The van der Waals surface area contributed by atoms with Gasteiger partial charge in [-0.15, -0.1) is 0 Å². The van der Waals surface area contributed by atoms with Gasteiger partial charge < -0.3 is 16.8 Å². The zero-order valence-corrected chi connectivity index (χ0v) is 11.3. The molecule has 19 heavy (non-hydrogen) atoms. The molecule has 2 amide bonds. The molecule has 0 radical (unpaired) electrons. The van der Waals surface area contributed by atoms with Crippen LogP contribution in [0.3, 0.4) is 0 Å². The quantitative estimate of drug-likeness (QED) is 0.707. The van der Waals surface area contributed by atoms with Crippen LogP contribution in [-0.2, 0) is 11.3 Å². The number of nitrogens with one attached hydrogen (secondary N) is 1. The monoisotopic (exact) mass is 263 g/mol. The summed E-state index contributed by atoms with van der Waals surface area (Å²) in [5.41, 5.74) is 12.3. The van der Waals surface area contributed by atoms with E-state index in [-0.39, 0.29) is 5.91 Å². The van der Waals surface area contributed by atoms with Gasteiger partial charge in [0, 0.05) is 12.1 Å². The van der Waals surface area contributed by atoms with E-state index in [1.165, 1.54) is 0 Å². The van der Waals surface area contributed by atoms with Gasteiger partial charge in [-0.1, -0.05) is 26.0 Å². The van der Waals surface area contributed by atoms with E-state index in [1.54, 1.807) is 24.3 Å². The highest BCUT2D eigenvalue weighted by atomic mass is 16.2. The Bertz CT molecular complexity index is 441. The highest BCUT2D eigenvalue weighted by molar-refractivity contribution is 5.92. The number of carbonyl (C=O) groups is 2. The summed E-state index contributed by atoms with van der Waals surface area (Å²) in [6.45, 7) is 4.44. The van der Waals surface area contributed by atoms with Gasteiger partial charge in [0.2, 0.25) is 11.8 Å². The van der Waals surface area contributed by atoms with Crippen molar-refractivity contribution >= 4 is 11.8 Å². The van der Waals surface area contributed by atoms with Gasteiger partial charge in [-0.2, -0.15) is 0 Å². The van der Waals surface area contributed by atoms with Crippen LogP contribution in [0.1, 0.15) is 36.2 Å². The molecule has 0 fully saturated rings. The first kappa shape index (κ1) is 15.2. The van der Waals surface area contributed by atoms with Crippen LogP contribution in [0.25, 0.3) is 0 Å². The van der Waals surface area contributed by atoms with Crippen LogP contribution in [-0.4, -0.2) is 17.9 Å². The van der Waals surface area contributed by atoms with Crippen molar-refractivity contribution < 1.29 is 9.59 Å². The highest BCUT2D eigenvalue weighted by Crippen LogP contribution is 2.05. The Hall–Kier alpha value is -1.88. The maximum Gasteiger partial charge on any atom is 0.248 e. The zero-order chi connectivity index (χ0) is 14.4. The lowest BCUT2D eigenvalue weighted by molar-refractivity contribution is -0.122. The lowest BCUT2D eigenvalue weighted by atomic mass is 10.0. The van der Waals surface area contributed by atoms with E-state index >= 15 is 0 Å². The Balaban J connectivity index is 2.48. The molecule has 0 heterocycles. The van der Waals surface area contributed by atoms with Crippen LogP contribution in [0.2, 0.25) is 0 Å². The van der Waals surface area contributed by atoms with Gasteiger partial charge in [0.25, 0.3) is 0 Å². The second-order valence-electron chi connectivity index (χ2n) is 5.02. The topological polar surface area (TPSA) is 98.2 Å². The molecule has 0 unspecified atom stereocenters. The summed E-state index contributed by atoms with van der Waals surface area (Å²) in [4.78, 5) is 22.6. The minimum absolute atomic E-state index is 0.160. The van der Waals surface area contributed by atoms with Gasteiger partial charge in [0.15, 0.2) is 0 Å². The Labute approximate surface area is 113 Å². The van der Waals surface area contributed by atoms with E-state index in [4.69, 9.17) is 11.5 Å². The molecule has 1 aromatic rings. The fraction of sp³-hybridized carbons (Fsp3) is 0.429. The first-order chi connectivity index (χ1) is 8.90. The third kappa shape index (κ3) is 5.09. The van der Waals surface area contributed by atoms with E-state index in [0.717, 1.165) is 5.56 Å². The summed E-state index contributed by atoms with van der Waals surface area (Å²) in [6, 6.07) is 6.31. The zero-order valence-electron chi connectivity index (χ0n) is 11.3. The fourth-order valence-corrected chi connectivity index (χ4v) is 1.72. The van der Waals surface area contributed by atoms with Gasteiger partial charge in [0.05, 0.1) is 6.04 Å². The first-order valence-electron chi connectivity index (χ1n) is 6.32. The average Bonchev–Trinajstić information content (AvgIpc) is 2.35. The molecule has 0 saturated heterocycles. The average molecular weight is 263 g/mol. The molecule has 0 aliphatic rings. The van der Waals surface area contributed by atoms with Gasteiger partial charge in [-0.05, 0) is 30.0 Å². The Morgan fingerprint density at radius 1 is 1.21 bits per heavy atom. The molecule has 0 aliphatic carbocycles. The summed E-state index contributed by atoms with van der Waals surface area (Å²) < 4.78 is 0. The molecule has 0 spiro atoms. The molecule has 104 valence electrons.